The highest BCUT2D eigenvalue weighted by Gasteiger charge is 2.14. The number of carbonyl (C=O) groups excluding carboxylic acids is 2. The molecule has 0 fully saturated rings. The number of ether oxygens (including phenoxy) is 3. The Morgan fingerprint density at radius 3 is 2.47 bits per heavy atom. The molecule has 0 heterocycles. The first-order chi connectivity index (χ1) is 9.10. The van der Waals surface area contributed by atoms with Crippen molar-refractivity contribution in [2.45, 2.75) is 6.42 Å². The van der Waals surface area contributed by atoms with Gasteiger partial charge in [-0.3, -0.25) is 4.79 Å². The molecule has 0 spiro atoms. The SMILES string of the molecule is COC(=O)CC(=Cc1cccc(OC)c1)C(=O)OC. The van der Waals surface area contributed by atoms with E-state index in [-0.39, 0.29) is 12.0 Å². The third-order valence-corrected chi connectivity index (χ3v) is 2.44. The van der Waals surface area contributed by atoms with Crippen molar-refractivity contribution in [2.24, 2.45) is 0 Å². The van der Waals surface area contributed by atoms with Crippen molar-refractivity contribution in [1.29, 1.82) is 0 Å². The minimum Gasteiger partial charge on any atom is -0.497 e. The normalized spacial score (nSPS) is 10.8. The van der Waals surface area contributed by atoms with E-state index in [0.717, 1.165) is 5.56 Å². The van der Waals surface area contributed by atoms with E-state index in [1.54, 1.807) is 37.5 Å². The maximum Gasteiger partial charge on any atom is 0.334 e. The Hall–Kier alpha value is -2.30. The van der Waals surface area contributed by atoms with Crippen molar-refractivity contribution in [1.82, 2.24) is 0 Å². The van der Waals surface area contributed by atoms with E-state index in [2.05, 4.69) is 9.47 Å². The summed E-state index contributed by atoms with van der Waals surface area (Å²) >= 11 is 0. The molecule has 1 rings (SSSR count). The topological polar surface area (TPSA) is 61.8 Å². The molecule has 5 heteroatoms. The van der Waals surface area contributed by atoms with Gasteiger partial charge in [0.05, 0.1) is 27.8 Å². The molecule has 0 aromatic heterocycles. The molecule has 0 saturated heterocycles. The van der Waals surface area contributed by atoms with Gasteiger partial charge in [0, 0.05) is 5.57 Å². The van der Waals surface area contributed by atoms with Crippen LogP contribution in [-0.2, 0) is 19.1 Å². The number of hydrogen-bond donors (Lipinski definition) is 0. The zero-order valence-electron chi connectivity index (χ0n) is 11.1. The van der Waals surface area contributed by atoms with Crippen LogP contribution in [-0.4, -0.2) is 33.3 Å². The lowest BCUT2D eigenvalue weighted by Gasteiger charge is -2.05. The second-order valence-electron chi connectivity index (χ2n) is 3.69. The maximum atomic E-state index is 11.6. The second-order valence-corrected chi connectivity index (χ2v) is 3.69. The van der Waals surface area contributed by atoms with Crippen molar-refractivity contribution in [2.75, 3.05) is 21.3 Å². The largest absolute Gasteiger partial charge is 0.497 e. The van der Waals surface area contributed by atoms with Gasteiger partial charge in [0.1, 0.15) is 5.75 Å². The Labute approximate surface area is 111 Å². The average molecular weight is 264 g/mol. The van der Waals surface area contributed by atoms with E-state index in [9.17, 15) is 9.59 Å². The monoisotopic (exact) mass is 264 g/mol. The van der Waals surface area contributed by atoms with E-state index in [0.29, 0.717) is 5.75 Å². The van der Waals surface area contributed by atoms with Crippen LogP contribution in [0.5, 0.6) is 5.75 Å². The minimum absolute atomic E-state index is 0.139. The van der Waals surface area contributed by atoms with Gasteiger partial charge in [-0.1, -0.05) is 12.1 Å². The average Bonchev–Trinajstić information content (AvgIpc) is 2.45. The highest BCUT2D eigenvalue weighted by atomic mass is 16.5. The number of carbonyl (C=O) groups is 2. The summed E-state index contributed by atoms with van der Waals surface area (Å²) in [5, 5.41) is 0. The molecule has 5 nitrogen and oxygen atoms in total. The predicted molar refractivity (Wildman–Crippen MR) is 69.6 cm³/mol. The van der Waals surface area contributed by atoms with Gasteiger partial charge in [0.25, 0.3) is 0 Å². The Kier molecular flexibility index (Phi) is 5.60. The second kappa shape index (κ2) is 7.20. The first-order valence-corrected chi connectivity index (χ1v) is 5.60. The fourth-order valence-electron chi connectivity index (χ4n) is 1.47. The van der Waals surface area contributed by atoms with Crippen LogP contribution >= 0.6 is 0 Å². The molecule has 0 amide bonds. The number of methoxy groups -OCH3 is 3. The smallest absolute Gasteiger partial charge is 0.334 e. The van der Waals surface area contributed by atoms with Crippen LogP contribution < -0.4 is 4.74 Å². The highest BCUT2D eigenvalue weighted by molar-refractivity contribution is 5.98. The zero-order chi connectivity index (χ0) is 14.3. The molecule has 0 aliphatic carbocycles. The van der Waals surface area contributed by atoms with Crippen molar-refractivity contribution in [3.63, 3.8) is 0 Å². The van der Waals surface area contributed by atoms with Gasteiger partial charge in [-0.05, 0) is 23.8 Å². The Morgan fingerprint density at radius 2 is 1.89 bits per heavy atom. The minimum atomic E-state index is -0.562. The summed E-state index contributed by atoms with van der Waals surface area (Å²) < 4.78 is 14.3. The van der Waals surface area contributed by atoms with Crippen molar-refractivity contribution in [3.8, 4) is 5.75 Å². The molecule has 0 aliphatic heterocycles. The number of hydrogen-bond acceptors (Lipinski definition) is 5. The highest BCUT2D eigenvalue weighted by Crippen LogP contribution is 2.17. The van der Waals surface area contributed by atoms with Gasteiger partial charge in [0.2, 0.25) is 0 Å². The third-order valence-electron chi connectivity index (χ3n) is 2.44. The lowest BCUT2D eigenvalue weighted by molar-refractivity contribution is -0.143. The lowest BCUT2D eigenvalue weighted by atomic mass is 10.1. The fourth-order valence-corrected chi connectivity index (χ4v) is 1.47. The molecule has 0 unspecified atom stereocenters. The van der Waals surface area contributed by atoms with E-state index in [4.69, 9.17) is 4.74 Å². The third kappa shape index (κ3) is 4.46. The lowest BCUT2D eigenvalue weighted by Crippen LogP contribution is -2.10. The molecule has 102 valence electrons. The first-order valence-electron chi connectivity index (χ1n) is 5.60. The van der Waals surface area contributed by atoms with Gasteiger partial charge >= 0.3 is 11.9 Å². The van der Waals surface area contributed by atoms with Gasteiger partial charge in [-0.25, -0.2) is 4.79 Å². The van der Waals surface area contributed by atoms with Gasteiger partial charge in [-0.15, -0.1) is 0 Å². The predicted octanol–water partition coefficient (Wildman–Crippen LogP) is 1.81. The van der Waals surface area contributed by atoms with Crippen LogP contribution in [0.15, 0.2) is 29.8 Å². The van der Waals surface area contributed by atoms with Crippen molar-refractivity contribution in [3.05, 3.63) is 35.4 Å². The summed E-state index contributed by atoms with van der Waals surface area (Å²) in [7, 11) is 4.08. The summed E-state index contributed by atoms with van der Waals surface area (Å²) in [5.41, 5.74) is 0.964. The van der Waals surface area contributed by atoms with Crippen LogP contribution in [0, 0.1) is 0 Å². The first kappa shape index (κ1) is 14.8. The van der Waals surface area contributed by atoms with Gasteiger partial charge < -0.3 is 14.2 Å². The molecule has 19 heavy (non-hydrogen) atoms. The quantitative estimate of drug-likeness (QED) is 0.599. The molecule has 1 aromatic carbocycles. The standard InChI is InChI=1S/C14H16O5/c1-17-12-6-4-5-10(8-12)7-11(14(16)19-3)9-13(15)18-2/h4-8H,9H2,1-3H3. The van der Waals surface area contributed by atoms with E-state index in [1.165, 1.54) is 14.2 Å². The van der Waals surface area contributed by atoms with Crippen LogP contribution in [0.3, 0.4) is 0 Å². The molecule has 0 N–H and O–H groups in total. The number of benzene rings is 1. The molecular formula is C14H16O5. The summed E-state index contributed by atoms with van der Waals surface area (Å²) in [6, 6.07) is 7.12. The number of rotatable bonds is 5. The van der Waals surface area contributed by atoms with E-state index in [1.807, 2.05) is 0 Å². The van der Waals surface area contributed by atoms with Crippen LogP contribution in [0.4, 0.5) is 0 Å². The zero-order valence-corrected chi connectivity index (χ0v) is 11.1. The molecule has 0 atom stereocenters. The van der Waals surface area contributed by atoms with Crippen molar-refractivity contribution >= 4 is 18.0 Å². The van der Waals surface area contributed by atoms with Crippen LogP contribution in [0.25, 0.3) is 6.08 Å². The van der Waals surface area contributed by atoms with Gasteiger partial charge in [0.15, 0.2) is 0 Å². The Morgan fingerprint density at radius 1 is 1.16 bits per heavy atom. The van der Waals surface area contributed by atoms with Crippen molar-refractivity contribution < 1.29 is 23.8 Å². The van der Waals surface area contributed by atoms with Gasteiger partial charge in [-0.2, -0.15) is 0 Å². The Balaban J connectivity index is 3.04. The molecule has 0 radical (unpaired) electrons. The summed E-state index contributed by atoms with van der Waals surface area (Å²) in [6.07, 6.45) is 1.44. The maximum absolute atomic E-state index is 11.6. The molecule has 0 bridgehead atoms. The molecule has 0 aliphatic rings. The molecule has 1 aromatic rings. The number of esters is 2. The summed E-state index contributed by atoms with van der Waals surface area (Å²) in [4.78, 5) is 22.9. The fraction of sp³-hybridized carbons (Fsp3) is 0.286. The summed E-state index contributed by atoms with van der Waals surface area (Å²) in [5.74, 6) is -0.399. The molecular weight excluding hydrogens is 248 g/mol. The molecule has 0 saturated carbocycles. The summed E-state index contributed by atoms with van der Waals surface area (Å²) in [6.45, 7) is 0. The van der Waals surface area contributed by atoms with Crippen LogP contribution in [0.2, 0.25) is 0 Å². The van der Waals surface area contributed by atoms with E-state index < -0.39 is 11.9 Å². The van der Waals surface area contributed by atoms with Crippen LogP contribution in [0.1, 0.15) is 12.0 Å². The Bertz CT molecular complexity index is 490. The van der Waals surface area contributed by atoms with E-state index >= 15 is 0 Å².